The molecule has 1 aromatic heterocycles. The van der Waals surface area contributed by atoms with Crippen LogP contribution in [0.3, 0.4) is 0 Å². The van der Waals surface area contributed by atoms with Crippen molar-refractivity contribution < 1.29 is 4.74 Å². The van der Waals surface area contributed by atoms with E-state index in [9.17, 15) is 0 Å². The van der Waals surface area contributed by atoms with Gasteiger partial charge in [-0.1, -0.05) is 36.4 Å². The fourth-order valence-electron chi connectivity index (χ4n) is 3.53. The summed E-state index contributed by atoms with van der Waals surface area (Å²) in [4.78, 5) is 4.90. The summed E-state index contributed by atoms with van der Waals surface area (Å²) in [5, 5.41) is 3.67. The van der Waals surface area contributed by atoms with Crippen molar-refractivity contribution in [1.82, 2.24) is 9.55 Å². The third kappa shape index (κ3) is 2.11. The number of fused-ring (bicyclic) bond motifs is 5. The van der Waals surface area contributed by atoms with Gasteiger partial charge in [0.2, 0.25) is 0 Å². The molecular weight excluding hydrogens is 310 g/mol. The van der Waals surface area contributed by atoms with Gasteiger partial charge in [-0.05, 0) is 42.0 Å². The number of para-hydroxylation sites is 3. The lowest BCUT2D eigenvalue weighted by atomic mass is 10.1. The van der Waals surface area contributed by atoms with Gasteiger partial charge in [0, 0.05) is 11.3 Å². The Bertz CT molecular complexity index is 1070. The van der Waals surface area contributed by atoms with Gasteiger partial charge in [0.05, 0.1) is 18.1 Å². The fourth-order valence-corrected chi connectivity index (χ4v) is 3.53. The molecule has 0 bridgehead atoms. The van der Waals surface area contributed by atoms with E-state index in [2.05, 4.69) is 64.5 Å². The molecule has 3 aromatic carbocycles. The van der Waals surface area contributed by atoms with E-state index in [1.165, 1.54) is 5.56 Å². The molecule has 2 heterocycles. The minimum absolute atomic E-state index is 0.0109. The number of hydrogen-bond donors (Lipinski definition) is 1. The van der Waals surface area contributed by atoms with Gasteiger partial charge >= 0.3 is 0 Å². The molecule has 4 nitrogen and oxygen atoms in total. The first-order chi connectivity index (χ1) is 12.3. The number of nitrogens with zero attached hydrogens (tertiary/aromatic N) is 2. The molecule has 0 radical (unpaired) electrons. The van der Waals surface area contributed by atoms with Crippen molar-refractivity contribution in [2.24, 2.45) is 0 Å². The Labute approximate surface area is 145 Å². The summed E-state index contributed by atoms with van der Waals surface area (Å²) in [5.41, 5.74) is 5.53. The maximum Gasteiger partial charge on any atom is 0.145 e. The van der Waals surface area contributed by atoms with Crippen molar-refractivity contribution in [3.05, 3.63) is 78.4 Å². The van der Waals surface area contributed by atoms with Crippen LogP contribution in [-0.4, -0.2) is 16.7 Å². The van der Waals surface area contributed by atoms with Crippen LogP contribution >= 0.6 is 0 Å². The van der Waals surface area contributed by atoms with E-state index in [-0.39, 0.29) is 6.17 Å². The van der Waals surface area contributed by atoms with E-state index in [0.29, 0.717) is 0 Å². The summed E-state index contributed by atoms with van der Waals surface area (Å²) in [6.45, 7) is 0. The number of hydrogen-bond acceptors (Lipinski definition) is 3. The van der Waals surface area contributed by atoms with Crippen LogP contribution in [-0.2, 0) is 0 Å². The van der Waals surface area contributed by atoms with E-state index in [1.54, 1.807) is 7.11 Å². The molecular formula is C21H17N3O. The van der Waals surface area contributed by atoms with E-state index < -0.39 is 0 Å². The number of anilines is 1. The van der Waals surface area contributed by atoms with E-state index in [4.69, 9.17) is 9.72 Å². The molecule has 0 saturated carbocycles. The summed E-state index contributed by atoms with van der Waals surface area (Å²) in [7, 11) is 1.69. The Balaban J connectivity index is 1.76. The average Bonchev–Trinajstić information content (AvgIpc) is 3.07. The first kappa shape index (κ1) is 14.1. The van der Waals surface area contributed by atoms with Crippen LogP contribution in [0.1, 0.15) is 11.7 Å². The van der Waals surface area contributed by atoms with Crippen molar-refractivity contribution in [2.45, 2.75) is 6.17 Å². The minimum Gasteiger partial charge on any atom is -0.497 e. The standard InChI is InChI=1S/C21H17N3O/c1-25-15-12-10-14(11-13-15)20-22-17-7-3-2-6-16(17)21-23-18-8-4-5-9-19(18)24(20)21/h2-13,20,22H,1H3. The van der Waals surface area contributed by atoms with E-state index in [1.807, 2.05) is 18.2 Å². The minimum atomic E-state index is -0.0109. The maximum atomic E-state index is 5.30. The largest absolute Gasteiger partial charge is 0.497 e. The topological polar surface area (TPSA) is 39.1 Å². The predicted octanol–water partition coefficient (Wildman–Crippen LogP) is 4.68. The highest BCUT2D eigenvalue weighted by atomic mass is 16.5. The first-order valence-corrected chi connectivity index (χ1v) is 8.32. The van der Waals surface area contributed by atoms with Crippen molar-refractivity contribution in [1.29, 1.82) is 0 Å². The lowest BCUT2D eigenvalue weighted by Crippen LogP contribution is -2.24. The van der Waals surface area contributed by atoms with Gasteiger partial charge < -0.3 is 10.1 Å². The van der Waals surface area contributed by atoms with Crippen LogP contribution in [0.15, 0.2) is 72.8 Å². The number of nitrogens with one attached hydrogen (secondary N) is 1. The molecule has 0 spiro atoms. The zero-order chi connectivity index (χ0) is 16.8. The molecule has 5 rings (SSSR count). The van der Waals surface area contributed by atoms with Gasteiger partial charge in [0.25, 0.3) is 0 Å². The summed E-state index contributed by atoms with van der Waals surface area (Å²) in [5.74, 6) is 1.85. The number of rotatable bonds is 2. The smallest absolute Gasteiger partial charge is 0.145 e. The van der Waals surface area contributed by atoms with Crippen LogP contribution in [0.4, 0.5) is 5.69 Å². The Morgan fingerprint density at radius 3 is 2.52 bits per heavy atom. The Morgan fingerprint density at radius 1 is 0.920 bits per heavy atom. The fraction of sp³-hybridized carbons (Fsp3) is 0.0952. The highest BCUT2D eigenvalue weighted by Gasteiger charge is 2.27. The van der Waals surface area contributed by atoms with Crippen LogP contribution in [0.25, 0.3) is 22.4 Å². The second-order valence-electron chi connectivity index (χ2n) is 6.16. The normalized spacial score (nSPS) is 15.3. The molecule has 0 amide bonds. The van der Waals surface area contributed by atoms with Crippen LogP contribution in [0.2, 0.25) is 0 Å². The second kappa shape index (κ2) is 5.38. The lowest BCUT2D eigenvalue weighted by molar-refractivity contribution is 0.414. The van der Waals surface area contributed by atoms with Gasteiger partial charge in [-0.15, -0.1) is 0 Å². The molecule has 0 aliphatic carbocycles. The van der Waals surface area contributed by atoms with E-state index >= 15 is 0 Å². The number of ether oxygens (including phenoxy) is 1. The molecule has 1 aliphatic heterocycles. The molecule has 4 aromatic rings. The highest BCUT2D eigenvalue weighted by molar-refractivity contribution is 5.86. The number of aromatic nitrogens is 2. The molecule has 0 saturated heterocycles. The summed E-state index contributed by atoms with van der Waals surface area (Å²) in [6, 6.07) is 24.8. The number of imidazole rings is 1. The van der Waals surface area contributed by atoms with Gasteiger partial charge in [-0.2, -0.15) is 0 Å². The zero-order valence-corrected chi connectivity index (χ0v) is 13.8. The quantitative estimate of drug-likeness (QED) is 0.581. The SMILES string of the molecule is COc1ccc(C2Nc3ccccc3-c3nc4ccccc4n32)cc1. The first-order valence-electron chi connectivity index (χ1n) is 8.32. The van der Waals surface area contributed by atoms with Crippen molar-refractivity contribution >= 4 is 16.7 Å². The summed E-state index contributed by atoms with van der Waals surface area (Å²) < 4.78 is 7.58. The molecule has 1 unspecified atom stereocenters. The molecule has 1 atom stereocenters. The summed E-state index contributed by atoms with van der Waals surface area (Å²) >= 11 is 0. The molecule has 4 heteroatoms. The van der Waals surface area contributed by atoms with Gasteiger partial charge in [0.15, 0.2) is 0 Å². The second-order valence-corrected chi connectivity index (χ2v) is 6.16. The monoisotopic (exact) mass is 327 g/mol. The van der Waals surface area contributed by atoms with Crippen molar-refractivity contribution in [3.63, 3.8) is 0 Å². The highest BCUT2D eigenvalue weighted by Crippen LogP contribution is 2.40. The van der Waals surface area contributed by atoms with Crippen molar-refractivity contribution in [2.75, 3.05) is 12.4 Å². The van der Waals surface area contributed by atoms with E-state index in [0.717, 1.165) is 33.9 Å². The van der Waals surface area contributed by atoms with Crippen LogP contribution in [0.5, 0.6) is 5.75 Å². The molecule has 1 N–H and O–H groups in total. The van der Waals surface area contributed by atoms with Crippen LogP contribution < -0.4 is 10.1 Å². The predicted molar refractivity (Wildman–Crippen MR) is 99.9 cm³/mol. The van der Waals surface area contributed by atoms with Gasteiger partial charge in [-0.3, -0.25) is 4.57 Å². The lowest BCUT2D eigenvalue weighted by Gasteiger charge is -2.30. The Hall–Kier alpha value is -3.27. The third-order valence-corrected chi connectivity index (χ3v) is 4.75. The van der Waals surface area contributed by atoms with Crippen molar-refractivity contribution in [3.8, 4) is 17.1 Å². The maximum absolute atomic E-state index is 5.30. The summed E-state index contributed by atoms with van der Waals surface area (Å²) in [6.07, 6.45) is -0.0109. The Morgan fingerprint density at radius 2 is 1.68 bits per heavy atom. The van der Waals surface area contributed by atoms with Gasteiger partial charge in [-0.25, -0.2) is 4.98 Å². The molecule has 122 valence electrons. The molecule has 25 heavy (non-hydrogen) atoms. The van der Waals surface area contributed by atoms with Crippen LogP contribution in [0, 0.1) is 0 Å². The van der Waals surface area contributed by atoms with Gasteiger partial charge in [0.1, 0.15) is 17.7 Å². The zero-order valence-electron chi connectivity index (χ0n) is 13.8. The number of methoxy groups -OCH3 is 1. The Kier molecular flexibility index (Phi) is 3.04. The number of benzene rings is 3. The third-order valence-electron chi connectivity index (χ3n) is 4.75. The average molecular weight is 327 g/mol. The molecule has 0 fully saturated rings. The molecule has 1 aliphatic rings.